The number of rotatable bonds is 7. The molecule has 2 atom stereocenters. The SMILES string of the molecule is CN(C)C(=O)[C@H](O)c1ccc(NC2C=C(c3ccc(F)c(NC(=O)c4ccc(C(C)(C)C)cc4)c3)N(C)NC2=O)nc1. The zero-order valence-corrected chi connectivity index (χ0v) is 24.4. The average Bonchev–Trinajstić information content (AvgIpc) is 2.95. The van der Waals surface area contributed by atoms with E-state index >= 15 is 0 Å². The summed E-state index contributed by atoms with van der Waals surface area (Å²) in [4.78, 5) is 43.2. The Balaban J connectivity index is 1.53. The minimum absolute atomic E-state index is 0.00353. The van der Waals surface area contributed by atoms with Gasteiger partial charge >= 0.3 is 0 Å². The van der Waals surface area contributed by atoms with E-state index in [0.717, 1.165) is 5.56 Å². The standard InChI is InChI=1S/C31H35FN6O4/c1-31(2,3)21-11-7-18(8-12-21)28(40)35-23-15-19(9-13-22(23)32)25-16-24(29(41)36-38(25)6)34-26-14-10-20(17-33-26)27(39)30(42)37(4)5/h7-17,24,27,39H,1-6H3,(H,33,34)(H,35,40)(H,36,41)/t24?,27-/m1/s1. The number of nitrogens with one attached hydrogen (secondary N) is 3. The molecule has 220 valence electrons. The highest BCUT2D eigenvalue weighted by Crippen LogP contribution is 2.27. The predicted molar refractivity (Wildman–Crippen MR) is 159 cm³/mol. The Morgan fingerprint density at radius 3 is 2.38 bits per heavy atom. The molecule has 10 nitrogen and oxygen atoms in total. The summed E-state index contributed by atoms with van der Waals surface area (Å²) in [7, 11) is 4.73. The van der Waals surface area contributed by atoms with Crippen LogP contribution in [0, 0.1) is 5.82 Å². The fourth-order valence-corrected chi connectivity index (χ4v) is 4.33. The maximum absolute atomic E-state index is 14.8. The first kappa shape index (κ1) is 30.2. The molecule has 1 aliphatic rings. The van der Waals surface area contributed by atoms with Crippen molar-refractivity contribution in [1.82, 2.24) is 20.3 Å². The maximum Gasteiger partial charge on any atom is 0.265 e. The van der Waals surface area contributed by atoms with Crippen LogP contribution in [0.25, 0.3) is 5.70 Å². The van der Waals surface area contributed by atoms with Crippen molar-refractivity contribution in [2.24, 2.45) is 0 Å². The van der Waals surface area contributed by atoms with Gasteiger partial charge in [-0.3, -0.25) is 24.8 Å². The van der Waals surface area contributed by atoms with Crippen LogP contribution >= 0.6 is 0 Å². The highest BCUT2D eigenvalue weighted by Gasteiger charge is 2.27. The predicted octanol–water partition coefficient (Wildman–Crippen LogP) is 3.69. The second-order valence-electron chi connectivity index (χ2n) is 11.3. The Morgan fingerprint density at radius 2 is 1.79 bits per heavy atom. The van der Waals surface area contributed by atoms with Crippen molar-refractivity contribution >= 4 is 34.9 Å². The molecule has 3 amide bonds. The van der Waals surface area contributed by atoms with Crippen LogP contribution in [0.2, 0.25) is 0 Å². The van der Waals surface area contributed by atoms with E-state index < -0.39 is 29.8 Å². The molecule has 11 heteroatoms. The van der Waals surface area contributed by atoms with Gasteiger partial charge in [-0.05, 0) is 53.5 Å². The number of pyridine rings is 1. The van der Waals surface area contributed by atoms with Crippen LogP contribution in [-0.2, 0) is 15.0 Å². The fraction of sp³-hybridized carbons (Fsp3) is 0.290. The molecule has 1 aliphatic heterocycles. The number of benzene rings is 2. The first-order valence-corrected chi connectivity index (χ1v) is 13.3. The first-order valence-electron chi connectivity index (χ1n) is 13.3. The zero-order valence-electron chi connectivity index (χ0n) is 24.4. The van der Waals surface area contributed by atoms with Crippen LogP contribution in [0.1, 0.15) is 53.9 Å². The summed E-state index contributed by atoms with van der Waals surface area (Å²) in [6, 6.07) is 13.8. The van der Waals surface area contributed by atoms with Crippen LogP contribution in [0.15, 0.2) is 66.9 Å². The summed E-state index contributed by atoms with van der Waals surface area (Å²) in [5, 5.41) is 17.4. The zero-order chi connectivity index (χ0) is 30.8. The van der Waals surface area contributed by atoms with Crippen LogP contribution in [-0.4, -0.2) is 64.9 Å². The van der Waals surface area contributed by atoms with Crippen molar-refractivity contribution in [3.63, 3.8) is 0 Å². The Kier molecular flexibility index (Phi) is 8.62. The molecule has 0 bridgehead atoms. The van der Waals surface area contributed by atoms with Crippen molar-refractivity contribution in [3.8, 4) is 0 Å². The molecule has 0 radical (unpaired) electrons. The molecule has 4 rings (SSSR count). The van der Waals surface area contributed by atoms with Gasteiger partial charge < -0.3 is 20.6 Å². The minimum Gasteiger partial charge on any atom is -0.378 e. The third-order valence-corrected chi connectivity index (χ3v) is 6.85. The van der Waals surface area contributed by atoms with E-state index in [2.05, 4.69) is 41.8 Å². The van der Waals surface area contributed by atoms with E-state index in [1.165, 1.54) is 28.2 Å². The van der Waals surface area contributed by atoms with Gasteiger partial charge in [-0.2, -0.15) is 0 Å². The third kappa shape index (κ3) is 6.74. The monoisotopic (exact) mass is 574 g/mol. The molecular weight excluding hydrogens is 539 g/mol. The number of anilines is 2. The number of hydrazine groups is 1. The smallest absolute Gasteiger partial charge is 0.265 e. The van der Waals surface area contributed by atoms with Crippen molar-refractivity contribution in [2.75, 3.05) is 31.8 Å². The fourth-order valence-electron chi connectivity index (χ4n) is 4.33. The Hall–Kier alpha value is -4.77. The van der Waals surface area contributed by atoms with Gasteiger partial charge in [-0.15, -0.1) is 0 Å². The van der Waals surface area contributed by atoms with Crippen molar-refractivity contribution in [3.05, 3.63) is 94.9 Å². The summed E-state index contributed by atoms with van der Waals surface area (Å²) in [6.07, 6.45) is 1.66. The summed E-state index contributed by atoms with van der Waals surface area (Å²) in [5.41, 5.74) is 5.57. The summed E-state index contributed by atoms with van der Waals surface area (Å²) in [5.74, 6) is -1.54. The number of amides is 3. The van der Waals surface area contributed by atoms with Gasteiger partial charge in [0.05, 0.1) is 11.4 Å². The maximum atomic E-state index is 14.8. The molecule has 0 saturated carbocycles. The van der Waals surface area contributed by atoms with Gasteiger partial charge in [0.25, 0.3) is 17.7 Å². The van der Waals surface area contributed by atoms with E-state index in [0.29, 0.717) is 28.2 Å². The Bertz CT molecular complexity index is 1510. The molecule has 4 N–H and O–H groups in total. The molecule has 3 aromatic rings. The second kappa shape index (κ2) is 12.0. The minimum atomic E-state index is -1.35. The van der Waals surface area contributed by atoms with Gasteiger partial charge in [0, 0.05) is 44.0 Å². The highest BCUT2D eigenvalue weighted by atomic mass is 19.1. The van der Waals surface area contributed by atoms with Crippen LogP contribution in [0.3, 0.4) is 0 Å². The number of nitrogens with zero attached hydrogens (tertiary/aromatic N) is 3. The molecule has 42 heavy (non-hydrogen) atoms. The number of hydrogen-bond donors (Lipinski definition) is 4. The molecule has 0 spiro atoms. The Labute approximate surface area is 244 Å². The second-order valence-corrected chi connectivity index (χ2v) is 11.3. The number of likely N-dealkylation sites (N-methyl/N-ethyl adjacent to an activating group) is 1. The van der Waals surface area contributed by atoms with Crippen molar-refractivity contribution in [1.29, 1.82) is 0 Å². The molecule has 1 aromatic heterocycles. The number of aliphatic hydroxyl groups excluding tert-OH is 1. The highest BCUT2D eigenvalue weighted by molar-refractivity contribution is 6.04. The molecule has 1 unspecified atom stereocenters. The molecular formula is C31H35FN6O4. The molecule has 2 heterocycles. The number of aliphatic hydroxyl groups is 1. The van der Waals surface area contributed by atoms with E-state index in [1.54, 1.807) is 57.6 Å². The third-order valence-electron chi connectivity index (χ3n) is 6.85. The van der Waals surface area contributed by atoms with E-state index in [9.17, 15) is 23.9 Å². The van der Waals surface area contributed by atoms with Gasteiger partial charge in [0.15, 0.2) is 6.10 Å². The number of aromatic nitrogens is 1. The quantitative estimate of drug-likeness (QED) is 0.339. The largest absolute Gasteiger partial charge is 0.378 e. The number of halogens is 1. The average molecular weight is 575 g/mol. The van der Waals surface area contributed by atoms with Crippen molar-refractivity contribution < 1.29 is 23.9 Å². The van der Waals surface area contributed by atoms with E-state index in [-0.39, 0.29) is 17.0 Å². The summed E-state index contributed by atoms with van der Waals surface area (Å²) in [6.45, 7) is 6.24. The van der Waals surface area contributed by atoms with Gasteiger partial charge in [0.2, 0.25) is 0 Å². The summed E-state index contributed by atoms with van der Waals surface area (Å²) >= 11 is 0. The normalized spacial score (nSPS) is 15.8. The molecule has 0 fully saturated rings. The topological polar surface area (TPSA) is 127 Å². The Morgan fingerprint density at radius 1 is 1.10 bits per heavy atom. The van der Waals surface area contributed by atoms with Gasteiger partial charge in [-0.1, -0.05) is 39.0 Å². The lowest BCUT2D eigenvalue weighted by Crippen LogP contribution is -2.50. The molecule has 0 saturated heterocycles. The van der Waals surface area contributed by atoms with Crippen LogP contribution in [0.5, 0.6) is 0 Å². The molecule has 2 aromatic carbocycles. The van der Waals surface area contributed by atoms with E-state index in [4.69, 9.17) is 0 Å². The van der Waals surface area contributed by atoms with Gasteiger partial charge in [0.1, 0.15) is 17.7 Å². The number of carbonyl (C=O) groups excluding carboxylic acids is 3. The lowest BCUT2D eigenvalue weighted by molar-refractivity contribution is -0.137. The number of hydrogen-bond acceptors (Lipinski definition) is 7. The van der Waals surface area contributed by atoms with E-state index in [1.807, 2.05) is 12.1 Å². The lowest BCUT2D eigenvalue weighted by Gasteiger charge is -2.31. The number of carbonyl (C=O) groups is 3. The van der Waals surface area contributed by atoms with Gasteiger partial charge in [-0.25, -0.2) is 9.37 Å². The van der Waals surface area contributed by atoms with Crippen molar-refractivity contribution in [2.45, 2.75) is 38.3 Å². The molecule has 0 aliphatic carbocycles. The summed E-state index contributed by atoms with van der Waals surface area (Å²) < 4.78 is 14.8. The van der Waals surface area contributed by atoms with Crippen LogP contribution < -0.4 is 16.1 Å². The van der Waals surface area contributed by atoms with Crippen LogP contribution in [0.4, 0.5) is 15.9 Å². The lowest BCUT2D eigenvalue weighted by atomic mass is 9.87. The first-order chi connectivity index (χ1) is 19.7.